The number of aromatic nitrogens is 2. The van der Waals surface area contributed by atoms with E-state index in [0.29, 0.717) is 11.0 Å². The molecule has 3 rings (SSSR count). The molecule has 0 saturated heterocycles. The first-order chi connectivity index (χ1) is 9.63. The third kappa shape index (κ3) is 2.99. The predicted molar refractivity (Wildman–Crippen MR) is 80.7 cm³/mol. The molecule has 1 aromatic carbocycles. The molecule has 1 saturated carbocycles. The lowest BCUT2D eigenvalue weighted by atomic mass is 10.1. The van der Waals surface area contributed by atoms with E-state index in [4.69, 9.17) is 11.6 Å². The average Bonchev–Trinajstić information content (AvgIpc) is 3.19. The lowest BCUT2D eigenvalue weighted by molar-refractivity contribution is -0.117. The van der Waals surface area contributed by atoms with Crippen LogP contribution in [0.5, 0.6) is 0 Å². The normalized spacial score (nSPS) is 20.5. The summed E-state index contributed by atoms with van der Waals surface area (Å²) in [6.07, 6.45) is 2.19. The lowest BCUT2D eigenvalue weighted by Crippen LogP contribution is -2.15. The maximum atomic E-state index is 12.1. The Morgan fingerprint density at radius 3 is 2.95 bits per heavy atom. The second kappa shape index (κ2) is 5.50. The zero-order valence-electron chi connectivity index (χ0n) is 10.4. The van der Waals surface area contributed by atoms with E-state index in [1.54, 1.807) is 0 Å². The molecule has 2 aromatic rings. The minimum absolute atomic E-state index is 0.00181. The van der Waals surface area contributed by atoms with Gasteiger partial charge in [0.15, 0.2) is 0 Å². The maximum absolute atomic E-state index is 12.1. The van der Waals surface area contributed by atoms with Gasteiger partial charge in [0.05, 0.1) is 0 Å². The third-order valence-corrected chi connectivity index (χ3v) is 3.99. The van der Waals surface area contributed by atoms with Crippen LogP contribution in [0.3, 0.4) is 0 Å². The molecule has 102 valence electrons. The minimum Gasteiger partial charge on any atom is -0.310 e. The number of nitrogens with one attached hydrogen (secondary N) is 1. The van der Waals surface area contributed by atoms with Crippen LogP contribution in [0.15, 0.2) is 41.1 Å². The molecule has 0 radical (unpaired) electrons. The van der Waals surface area contributed by atoms with E-state index in [9.17, 15) is 4.79 Å². The SMILES string of the molecule is O=C(Nc1cc(Cl)ncn1)[C@H]1C[C@@H]1c1cccc(Br)c1. The fourth-order valence-corrected chi connectivity index (χ4v) is 2.78. The van der Waals surface area contributed by atoms with Crippen molar-refractivity contribution in [2.75, 3.05) is 5.32 Å². The van der Waals surface area contributed by atoms with Crippen molar-refractivity contribution in [1.29, 1.82) is 0 Å². The van der Waals surface area contributed by atoms with E-state index in [0.717, 1.165) is 10.9 Å². The molecule has 20 heavy (non-hydrogen) atoms. The van der Waals surface area contributed by atoms with Crippen LogP contribution >= 0.6 is 27.5 Å². The Kier molecular flexibility index (Phi) is 3.72. The topological polar surface area (TPSA) is 54.9 Å². The first-order valence-corrected chi connectivity index (χ1v) is 7.34. The molecule has 1 heterocycles. The van der Waals surface area contributed by atoms with Crippen molar-refractivity contribution < 1.29 is 4.79 Å². The highest BCUT2D eigenvalue weighted by Gasteiger charge is 2.44. The highest BCUT2D eigenvalue weighted by Crippen LogP contribution is 2.48. The molecule has 2 atom stereocenters. The Morgan fingerprint density at radius 1 is 1.35 bits per heavy atom. The largest absolute Gasteiger partial charge is 0.310 e. The number of rotatable bonds is 3. The van der Waals surface area contributed by atoms with Crippen LogP contribution in [0.1, 0.15) is 17.9 Å². The predicted octanol–water partition coefficient (Wildman–Crippen LogP) is 3.63. The molecule has 0 spiro atoms. The average molecular weight is 353 g/mol. The number of hydrogen-bond acceptors (Lipinski definition) is 3. The number of hydrogen-bond donors (Lipinski definition) is 1. The fourth-order valence-electron chi connectivity index (χ4n) is 2.21. The van der Waals surface area contributed by atoms with Gasteiger partial charge in [0.25, 0.3) is 0 Å². The Hall–Kier alpha value is -1.46. The standard InChI is InChI=1S/C14H11BrClN3O/c15-9-3-1-2-8(4-9)10-5-11(10)14(20)19-13-6-12(16)17-7-18-13/h1-4,6-7,10-11H,5H2,(H,17,18,19,20)/t10-,11+/m1/s1. The van der Waals surface area contributed by atoms with Crippen LogP contribution in [0.25, 0.3) is 0 Å². The van der Waals surface area contributed by atoms with Crippen molar-refractivity contribution >= 4 is 39.3 Å². The first kappa shape index (κ1) is 13.5. The summed E-state index contributed by atoms with van der Waals surface area (Å²) < 4.78 is 1.03. The smallest absolute Gasteiger partial charge is 0.229 e. The number of anilines is 1. The fraction of sp³-hybridized carbons (Fsp3) is 0.214. The number of carbonyl (C=O) groups excluding carboxylic acids is 1. The zero-order valence-corrected chi connectivity index (χ0v) is 12.7. The van der Waals surface area contributed by atoms with E-state index >= 15 is 0 Å². The third-order valence-electron chi connectivity index (χ3n) is 3.29. The van der Waals surface area contributed by atoms with Gasteiger partial charge < -0.3 is 5.32 Å². The highest BCUT2D eigenvalue weighted by atomic mass is 79.9. The van der Waals surface area contributed by atoms with Crippen LogP contribution in [-0.2, 0) is 4.79 Å². The summed E-state index contributed by atoms with van der Waals surface area (Å²) in [6.45, 7) is 0. The minimum atomic E-state index is -0.0234. The first-order valence-electron chi connectivity index (χ1n) is 6.17. The molecule has 1 amide bonds. The second-order valence-corrected chi connectivity index (χ2v) is 6.02. The Morgan fingerprint density at radius 2 is 2.20 bits per heavy atom. The number of halogens is 2. The number of nitrogens with zero attached hydrogens (tertiary/aromatic N) is 2. The van der Waals surface area contributed by atoms with E-state index < -0.39 is 0 Å². The van der Waals surface area contributed by atoms with E-state index in [1.807, 2.05) is 18.2 Å². The molecule has 1 aliphatic carbocycles. The number of benzene rings is 1. The molecule has 4 nitrogen and oxygen atoms in total. The van der Waals surface area contributed by atoms with Crippen LogP contribution in [0.4, 0.5) is 5.82 Å². The van der Waals surface area contributed by atoms with Crippen molar-refractivity contribution in [3.05, 3.63) is 51.8 Å². The van der Waals surface area contributed by atoms with Gasteiger partial charge in [-0.1, -0.05) is 39.7 Å². The van der Waals surface area contributed by atoms with Crippen LogP contribution < -0.4 is 5.32 Å². The van der Waals surface area contributed by atoms with E-state index in [2.05, 4.69) is 37.3 Å². The molecule has 1 N–H and O–H groups in total. The molecule has 6 heteroatoms. The summed E-state index contributed by atoms with van der Waals surface area (Å²) >= 11 is 9.20. The van der Waals surface area contributed by atoms with Crippen molar-refractivity contribution in [1.82, 2.24) is 9.97 Å². The van der Waals surface area contributed by atoms with Gasteiger partial charge in [-0.05, 0) is 30.0 Å². The number of amides is 1. The van der Waals surface area contributed by atoms with Crippen molar-refractivity contribution in [2.24, 2.45) is 5.92 Å². The zero-order chi connectivity index (χ0) is 14.1. The van der Waals surface area contributed by atoms with Crippen molar-refractivity contribution in [3.8, 4) is 0 Å². The van der Waals surface area contributed by atoms with Crippen LogP contribution in [0, 0.1) is 5.92 Å². The van der Waals surface area contributed by atoms with Gasteiger partial charge >= 0.3 is 0 Å². The second-order valence-electron chi connectivity index (χ2n) is 4.72. The summed E-state index contributed by atoms with van der Waals surface area (Å²) in [5, 5.41) is 3.09. The van der Waals surface area contributed by atoms with Gasteiger partial charge in [0.1, 0.15) is 17.3 Å². The van der Waals surface area contributed by atoms with Gasteiger partial charge in [0, 0.05) is 16.5 Å². The monoisotopic (exact) mass is 351 g/mol. The summed E-state index contributed by atoms with van der Waals surface area (Å²) in [5.74, 6) is 0.697. The Bertz CT molecular complexity index is 664. The molecule has 0 bridgehead atoms. The van der Waals surface area contributed by atoms with Gasteiger partial charge in [-0.15, -0.1) is 0 Å². The van der Waals surface area contributed by atoms with Crippen molar-refractivity contribution in [3.63, 3.8) is 0 Å². The van der Waals surface area contributed by atoms with Gasteiger partial charge in [0.2, 0.25) is 5.91 Å². The van der Waals surface area contributed by atoms with Crippen LogP contribution in [-0.4, -0.2) is 15.9 Å². The lowest BCUT2D eigenvalue weighted by Gasteiger charge is -2.04. The molecule has 1 aliphatic rings. The Labute approximate surface area is 129 Å². The summed E-state index contributed by atoms with van der Waals surface area (Å²) in [5.41, 5.74) is 1.18. The van der Waals surface area contributed by atoms with E-state index in [1.165, 1.54) is 18.0 Å². The van der Waals surface area contributed by atoms with Crippen molar-refractivity contribution in [2.45, 2.75) is 12.3 Å². The Balaban J connectivity index is 1.66. The van der Waals surface area contributed by atoms with Crippen LogP contribution in [0.2, 0.25) is 5.15 Å². The molecular formula is C14H11BrClN3O. The molecule has 0 aliphatic heterocycles. The summed E-state index contributed by atoms with van der Waals surface area (Å²) in [6, 6.07) is 9.60. The van der Waals surface area contributed by atoms with Gasteiger partial charge in [-0.25, -0.2) is 9.97 Å². The molecule has 1 aromatic heterocycles. The quantitative estimate of drug-likeness (QED) is 0.858. The maximum Gasteiger partial charge on any atom is 0.229 e. The van der Waals surface area contributed by atoms with E-state index in [-0.39, 0.29) is 17.7 Å². The van der Waals surface area contributed by atoms with Gasteiger partial charge in [-0.3, -0.25) is 4.79 Å². The van der Waals surface area contributed by atoms with Gasteiger partial charge in [-0.2, -0.15) is 0 Å². The molecular weight excluding hydrogens is 342 g/mol. The summed E-state index contributed by atoms with van der Waals surface area (Å²) in [4.78, 5) is 19.9. The number of carbonyl (C=O) groups is 1. The molecule has 0 unspecified atom stereocenters. The molecule has 1 fully saturated rings. The highest BCUT2D eigenvalue weighted by molar-refractivity contribution is 9.10. The summed E-state index contributed by atoms with van der Waals surface area (Å²) in [7, 11) is 0.